The molecule has 1 N–H and O–H groups in total. The number of fused-ring (bicyclic) bond motifs is 2. The van der Waals surface area contributed by atoms with E-state index in [1.54, 1.807) is 12.1 Å². The van der Waals surface area contributed by atoms with Gasteiger partial charge in [0.2, 0.25) is 5.91 Å². The first-order valence-electron chi connectivity index (χ1n) is 8.00. The van der Waals surface area contributed by atoms with Crippen LogP contribution in [0, 0.1) is 10.1 Å². The van der Waals surface area contributed by atoms with Crippen LogP contribution in [0.3, 0.4) is 0 Å². The molecule has 3 rings (SSSR count). The molecule has 1 amide bonds. The van der Waals surface area contributed by atoms with Crippen LogP contribution in [0.15, 0.2) is 29.2 Å². The monoisotopic (exact) mass is 371 g/mol. The van der Waals surface area contributed by atoms with Crippen molar-refractivity contribution < 1.29 is 9.72 Å². The maximum absolute atomic E-state index is 12.9. The van der Waals surface area contributed by atoms with E-state index in [1.807, 2.05) is 6.92 Å². The van der Waals surface area contributed by atoms with Crippen molar-refractivity contribution in [1.82, 2.24) is 10.2 Å². The van der Waals surface area contributed by atoms with Gasteiger partial charge in [-0.3, -0.25) is 14.9 Å². The molecule has 1 aromatic carbocycles. The fourth-order valence-corrected chi connectivity index (χ4v) is 4.38. The topological polar surface area (TPSA) is 75.5 Å². The van der Waals surface area contributed by atoms with Crippen LogP contribution in [0.5, 0.6) is 0 Å². The quantitative estimate of drug-likeness (QED) is 0.500. The Kier molecular flexibility index (Phi) is 6.48. The molecule has 2 heterocycles. The third-order valence-corrected chi connectivity index (χ3v) is 5.72. The Balaban J connectivity index is 0.00000208. The molecule has 0 aliphatic carbocycles. The van der Waals surface area contributed by atoms with Gasteiger partial charge < -0.3 is 10.2 Å². The molecule has 3 unspecified atom stereocenters. The smallest absolute Gasteiger partial charge is 0.269 e. The summed E-state index contributed by atoms with van der Waals surface area (Å²) in [5, 5.41) is 13.9. The molecule has 2 saturated heterocycles. The van der Waals surface area contributed by atoms with E-state index in [9.17, 15) is 14.9 Å². The van der Waals surface area contributed by atoms with Gasteiger partial charge in [0.15, 0.2) is 0 Å². The van der Waals surface area contributed by atoms with Gasteiger partial charge in [-0.25, -0.2) is 0 Å². The summed E-state index contributed by atoms with van der Waals surface area (Å²) in [6, 6.07) is 7.08. The lowest BCUT2D eigenvalue weighted by molar-refractivity contribution is -0.384. The summed E-state index contributed by atoms with van der Waals surface area (Å²) in [6.07, 6.45) is 3.21. The number of halogens is 1. The third kappa shape index (κ3) is 4.02. The van der Waals surface area contributed by atoms with Gasteiger partial charge in [0.05, 0.1) is 10.2 Å². The van der Waals surface area contributed by atoms with Crippen LogP contribution in [-0.4, -0.2) is 46.2 Å². The second-order valence-corrected chi connectivity index (χ2v) is 7.55. The van der Waals surface area contributed by atoms with Gasteiger partial charge >= 0.3 is 0 Å². The highest BCUT2D eigenvalue weighted by molar-refractivity contribution is 8.00. The zero-order valence-electron chi connectivity index (χ0n) is 13.5. The minimum atomic E-state index is -0.412. The van der Waals surface area contributed by atoms with E-state index in [0.717, 1.165) is 37.2 Å². The number of hydrogen-bond acceptors (Lipinski definition) is 5. The number of carbonyl (C=O) groups is 1. The highest BCUT2D eigenvalue weighted by atomic mass is 35.5. The lowest BCUT2D eigenvalue weighted by atomic mass is 10.1. The summed E-state index contributed by atoms with van der Waals surface area (Å²) in [7, 11) is 0. The fourth-order valence-electron chi connectivity index (χ4n) is 3.45. The normalized spacial score (nSPS) is 24.0. The number of rotatable bonds is 4. The highest BCUT2D eigenvalue weighted by Gasteiger charge is 2.39. The van der Waals surface area contributed by atoms with E-state index in [2.05, 4.69) is 10.2 Å². The van der Waals surface area contributed by atoms with E-state index in [4.69, 9.17) is 0 Å². The molecule has 0 saturated carbocycles. The van der Waals surface area contributed by atoms with Crippen molar-refractivity contribution >= 4 is 35.8 Å². The van der Waals surface area contributed by atoms with Crippen LogP contribution in [0.4, 0.5) is 5.69 Å². The Labute approximate surface area is 151 Å². The molecule has 0 aromatic heterocycles. The lowest BCUT2D eigenvalue weighted by Crippen LogP contribution is -2.45. The molecule has 24 heavy (non-hydrogen) atoms. The van der Waals surface area contributed by atoms with Gasteiger partial charge in [0, 0.05) is 35.7 Å². The van der Waals surface area contributed by atoms with E-state index in [-0.39, 0.29) is 29.3 Å². The maximum Gasteiger partial charge on any atom is 0.269 e. The Morgan fingerprint density at radius 2 is 1.96 bits per heavy atom. The summed E-state index contributed by atoms with van der Waals surface area (Å²) in [4.78, 5) is 26.1. The first-order chi connectivity index (χ1) is 11.1. The molecular weight excluding hydrogens is 350 g/mol. The Hall–Kier alpha value is -1.31. The van der Waals surface area contributed by atoms with Crippen molar-refractivity contribution in [3.8, 4) is 0 Å². The molecule has 8 heteroatoms. The third-order valence-electron chi connectivity index (χ3n) is 4.62. The van der Waals surface area contributed by atoms with Gasteiger partial charge in [-0.05, 0) is 44.9 Å². The average Bonchev–Trinajstić information content (AvgIpc) is 2.80. The van der Waals surface area contributed by atoms with Crippen LogP contribution < -0.4 is 5.32 Å². The number of hydrogen-bond donors (Lipinski definition) is 1. The van der Waals surface area contributed by atoms with Crippen molar-refractivity contribution in [1.29, 1.82) is 0 Å². The average molecular weight is 372 g/mol. The summed E-state index contributed by atoms with van der Waals surface area (Å²) < 4.78 is 0. The van der Waals surface area contributed by atoms with Gasteiger partial charge in [0.25, 0.3) is 5.69 Å². The summed E-state index contributed by atoms with van der Waals surface area (Å²) in [5.74, 6) is 0.185. The first-order valence-corrected chi connectivity index (χ1v) is 8.88. The van der Waals surface area contributed by atoms with Crippen molar-refractivity contribution in [3.05, 3.63) is 34.4 Å². The zero-order valence-corrected chi connectivity index (χ0v) is 15.1. The van der Waals surface area contributed by atoms with Gasteiger partial charge in [-0.2, -0.15) is 0 Å². The largest absolute Gasteiger partial charge is 0.334 e. The van der Waals surface area contributed by atoms with E-state index in [1.165, 1.54) is 23.9 Å². The second-order valence-electron chi connectivity index (χ2n) is 6.13. The SMILES string of the molecule is CC(Sc1ccc([N+](=O)[O-])cc1)C(=O)N1C2CCNCC1CC2.Cl. The number of amides is 1. The molecule has 2 aliphatic heterocycles. The maximum atomic E-state index is 12.9. The number of carbonyl (C=O) groups excluding carboxylic acids is 1. The number of nitro groups is 1. The van der Waals surface area contributed by atoms with Crippen LogP contribution >= 0.6 is 24.2 Å². The van der Waals surface area contributed by atoms with Gasteiger partial charge in [-0.1, -0.05) is 0 Å². The molecule has 0 radical (unpaired) electrons. The van der Waals surface area contributed by atoms with Crippen LogP contribution in [0.25, 0.3) is 0 Å². The predicted octanol–water partition coefficient (Wildman–Crippen LogP) is 2.85. The molecule has 3 atom stereocenters. The first kappa shape index (κ1) is 19.0. The van der Waals surface area contributed by atoms with Crippen molar-refractivity contribution in [2.75, 3.05) is 13.1 Å². The summed E-state index contributed by atoms with van der Waals surface area (Å²) >= 11 is 1.47. The zero-order chi connectivity index (χ0) is 16.4. The fraction of sp³-hybridized carbons (Fsp3) is 0.562. The van der Waals surface area contributed by atoms with Crippen molar-refractivity contribution in [3.63, 3.8) is 0 Å². The molecule has 2 fully saturated rings. The Bertz CT molecular complexity index is 585. The molecule has 2 aliphatic rings. The standard InChI is InChI=1S/C16H21N3O3S.ClH/c1-11(23-15-6-4-13(5-7-15)19(21)22)16(20)18-12-2-3-14(18)10-17-9-8-12;/h4-7,11-12,14,17H,2-3,8-10H2,1H3;1H. The number of non-ortho nitro benzene ring substituents is 1. The predicted molar refractivity (Wildman–Crippen MR) is 96.8 cm³/mol. The molecule has 0 spiro atoms. The number of nitro benzene ring substituents is 1. The molecule has 2 bridgehead atoms. The van der Waals surface area contributed by atoms with Gasteiger partial charge in [-0.15, -0.1) is 24.2 Å². The minimum absolute atomic E-state index is 0. The summed E-state index contributed by atoms with van der Waals surface area (Å²) in [6.45, 7) is 3.79. The molecular formula is C16H22ClN3O3S. The molecule has 132 valence electrons. The van der Waals surface area contributed by atoms with E-state index >= 15 is 0 Å². The number of nitrogens with zero attached hydrogens (tertiary/aromatic N) is 2. The minimum Gasteiger partial charge on any atom is -0.334 e. The van der Waals surface area contributed by atoms with Crippen LogP contribution in [0.1, 0.15) is 26.2 Å². The molecule has 6 nitrogen and oxygen atoms in total. The van der Waals surface area contributed by atoms with Crippen LogP contribution in [0.2, 0.25) is 0 Å². The number of thioether (sulfide) groups is 1. The van der Waals surface area contributed by atoms with Crippen molar-refractivity contribution in [2.24, 2.45) is 0 Å². The van der Waals surface area contributed by atoms with Gasteiger partial charge in [0.1, 0.15) is 0 Å². The van der Waals surface area contributed by atoms with Crippen LogP contribution in [-0.2, 0) is 4.79 Å². The Morgan fingerprint density at radius 1 is 1.29 bits per heavy atom. The lowest BCUT2D eigenvalue weighted by Gasteiger charge is -2.30. The highest BCUT2D eigenvalue weighted by Crippen LogP contribution is 2.32. The number of nitrogens with one attached hydrogen (secondary N) is 1. The van der Waals surface area contributed by atoms with Crippen molar-refractivity contribution in [2.45, 2.75) is 48.4 Å². The van der Waals surface area contributed by atoms with E-state index in [0.29, 0.717) is 12.1 Å². The Morgan fingerprint density at radius 3 is 2.62 bits per heavy atom. The second kappa shape index (κ2) is 8.18. The molecule has 1 aromatic rings. The number of benzene rings is 1. The van der Waals surface area contributed by atoms with E-state index < -0.39 is 4.92 Å². The summed E-state index contributed by atoms with van der Waals surface area (Å²) in [5.41, 5.74) is 0.0740.